The van der Waals surface area contributed by atoms with Crippen molar-refractivity contribution in [3.05, 3.63) is 56.4 Å². The second-order valence-electron chi connectivity index (χ2n) is 4.88. The van der Waals surface area contributed by atoms with Crippen molar-refractivity contribution >= 4 is 27.3 Å². The van der Waals surface area contributed by atoms with E-state index in [0.717, 1.165) is 31.7 Å². The molecular formula is C15H16BrFN2S. The summed E-state index contributed by atoms with van der Waals surface area (Å²) in [7, 11) is 0. The molecule has 1 aliphatic heterocycles. The molecule has 0 bridgehead atoms. The Balaban J connectivity index is 1.98. The molecule has 1 aromatic carbocycles. The van der Waals surface area contributed by atoms with Crippen molar-refractivity contribution in [2.24, 2.45) is 0 Å². The van der Waals surface area contributed by atoms with Crippen LogP contribution in [0.2, 0.25) is 0 Å². The predicted octanol–water partition coefficient (Wildman–Crippen LogP) is 3.64. The molecule has 1 aromatic heterocycles. The van der Waals surface area contributed by atoms with Gasteiger partial charge >= 0.3 is 0 Å². The zero-order chi connectivity index (χ0) is 13.9. The summed E-state index contributed by atoms with van der Waals surface area (Å²) in [5.74, 6) is -0.209. The number of benzene rings is 1. The molecule has 5 heteroatoms. The average Bonchev–Trinajstić information content (AvgIpc) is 2.98. The zero-order valence-corrected chi connectivity index (χ0v) is 13.4. The Hall–Kier alpha value is -0.750. The third-order valence-corrected chi connectivity index (χ3v) is 5.12. The minimum atomic E-state index is -0.209. The molecular weight excluding hydrogens is 339 g/mol. The normalized spacial score (nSPS) is 18.1. The third-order valence-electron chi connectivity index (χ3n) is 3.59. The fourth-order valence-electron chi connectivity index (χ4n) is 2.62. The lowest BCUT2D eigenvalue weighted by atomic mass is 10.0. The zero-order valence-electron chi connectivity index (χ0n) is 11.0. The molecule has 0 amide bonds. The number of halogens is 2. The number of piperazine rings is 1. The summed E-state index contributed by atoms with van der Waals surface area (Å²) in [6, 6.07) is 9.80. The molecule has 106 valence electrons. The van der Waals surface area contributed by atoms with E-state index in [9.17, 15) is 4.39 Å². The van der Waals surface area contributed by atoms with Gasteiger partial charge in [0.1, 0.15) is 5.82 Å². The molecule has 2 heterocycles. The van der Waals surface area contributed by atoms with Crippen molar-refractivity contribution in [2.45, 2.75) is 6.04 Å². The van der Waals surface area contributed by atoms with E-state index in [4.69, 9.17) is 0 Å². The summed E-state index contributed by atoms with van der Waals surface area (Å²) in [6.45, 7) is 4.03. The molecule has 0 spiro atoms. The molecule has 1 aliphatic rings. The van der Waals surface area contributed by atoms with E-state index < -0.39 is 0 Å². The Morgan fingerprint density at radius 3 is 2.70 bits per heavy atom. The van der Waals surface area contributed by atoms with E-state index in [-0.39, 0.29) is 11.9 Å². The molecule has 3 rings (SSSR count). The van der Waals surface area contributed by atoms with Gasteiger partial charge in [0.05, 0.1) is 10.5 Å². The van der Waals surface area contributed by atoms with Crippen LogP contribution in [0.1, 0.15) is 16.5 Å². The van der Waals surface area contributed by atoms with Gasteiger partial charge in [0.2, 0.25) is 0 Å². The highest BCUT2D eigenvalue weighted by molar-refractivity contribution is 9.10. The Morgan fingerprint density at radius 1 is 1.25 bits per heavy atom. The van der Waals surface area contributed by atoms with Gasteiger partial charge in [0.25, 0.3) is 0 Å². The van der Waals surface area contributed by atoms with Gasteiger partial charge in [-0.05, 0) is 45.1 Å². The van der Waals surface area contributed by atoms with Gasteiger partial charge in [-0.1, -0.05) is 12.1 Å². The van der Waals surface area contributed by atoms with E-state index >= 15 is 0 Å². The van der Waals surface area contributed by atoms with Crippen molar-refractivity contribution in [3.63, 3.8) is 0 Å². The van der Waals surface area contributed by atoms with Gasteiger partial charge in [-0.2, -0.15) is 0 Å². The highest BCUT2D eigenvalue weighted by Crippen LogP contribution is 2.33. The quantitative estimate of drug-likeness (QED) is 0.904. The van der Waals surface area contributed by atoms with Gasteiger partial charge in [0, 0.05) is 31.1 Å². The lowest BCUT2D eigenvalue weighted by molar-refractivity contribution is 0.200. The Morgan fingerprint density at radius 2 is 2.05 bits per heavy atom. The van der Waals surface area contributed by atoms with Crippen LogP contribution in [0.4, 0.5) is 4.39 Å². The van der Waals surface area contributed by atoms with Crippen molar-refractivity contribution in [1.82, 2.24) is 10.2 Å². The Kier molecular flexibility index (Phi) is 4.51. The average molecular weight is 355 g/mol. The Labute approximate surface area is 130 Å². The number of hydrogen-bond acceptors (Lipinski definition) is 3. The van der Waals surface area contributed by atoms with Gasteiger partial charge in [-0.25, -0.2) is 4.39 Å². The standard InChI is InChI=1S/C15H16BrFN2S/c16-12-10-11(3-4-13(12)17)15(14-2-1-9-20-14)19-7-5-18-6-8-19/h1-4,9-10,15,18H,5-8H2/t15-/m0/s1. The maximum Gasteiger partial charge on any atom is 0.137 e. The Bertz CT molecular complexity index is 567. The van der Waals surface area contributed by atoms with E-state index in [1.54, 1.807) is 17.4 Å². The minimum Gasteiger partial charge on any atom is -0.314 e. The van der Waals surface area contributed by atoms with Crippen LogP contribution >= 0.6 is 27.3 Å². The fourth-order valence-corrected chi connectivity index (χ4v) is 3.91. The van der Waals surface area contributed by atoms with E-state index in [1.165, 1.54) is 4.88 Å². The summed E-state index contributed by atoms with van der Waals surface area (Å²) >= 11 is 5.06. The van der Waals surface area contributed by atoms with Crippen LogP contribution in [-0.2, 0) is 0 Å². The summed E-state index contributed by atoms with van der Waals surface area (Å²) in [6.07, 6.45) is 0. The highest BCUT2D eigenvalue weighted by Gasteiger charge is 2.25. The molecule has 1 fully saturated rings. The molecule has 2 nitrogen and oxygen atoms in total. The predicted molar refractivity (Wildman–Crippen MR) is 84.7 cm³/mol. The first-order valence-corrected chi connectivity index (χ1v) is 8.36. The number of hydrogen-bond donors (Lipinski definition) is 1. The molecule has 1 N–H and O–H groups in total. The number of rotatable bonds is 3. The first kappa shape index (κ1) is 14.2. The summed E-state index contributed by atoms with van der Waals surface area (Å²) < 4.78 is 14.0. The van der Waals surface area contributed by atoms with Crippen molar-refractivity contribution in [1.29, 1.82) is 0 Å². The molecule has 0 unspecified atom stereocenters. The number of nitrogens with zero attached hydrogens (tertiary/aromatic N) is 1. The third kappa shape index (κ3) is 2.96. The second kappa shape index (κ2) is 6.35. The SMILES string of the molecule is Fc1ccc([C@@H](c2cccs2)N2CCNCC2)cc1Br. The van der Waals surface area contributed by atoms with Crippen molar-refractivity contribution in [3.8, 4) is 0 Å². The molecule has 0 saturated carbocycles. The second-order valence-corrected chi connectivity index (χ2v) is 6.71. The summed E-state index contributed by atoms with van der Waals surface area (Å²) in [4.78, 5) is 3.77. The van der Waals surface area contributed by atoms with Crippen LogP contribution in [0.25, 0.3) is 0 Å². The maximum absolute atomic E-state index is 13.5. The van der Waals surface area contributed by atoms with Gasteiger partial charge in [0.15, 0.2) is 0 Å². The van der Waals surface area contributed by atoms with Crippen LogP contribution in [0.3, 0.4) is 0 Å². The van der Waals surface area contributed by atoms with E-state index in [2.05, 4.69) is 43.7 Å². The minimum absolute atomic E-state index is 0.209. The molecule has 0 radical (unpaired) electrons. The maximum atomic E-state index is 13.5. The molecule has 1 saturated heterocycles. The van der Waals surface area contributed by atoms with Gasteiger partial charge in [-0.3, -0.25) is 4.90 Å². The number of thiophene rings is 1. The van der Waals surface area contributed by atoms with Crippen LogP contribution < -0.4 is 5.32 Å². The smallest absolute Gasteiger partial charge is 0.137 e. The topological polar surface area (TPSA) is 15.3 Å². The molecule has 20 heavy (non-hydrogen) atoms. The van der Waals surface area contributed by atoms with Gasteiger partial charge in [-0.15, -0.1) is 11.3 Å². The van der Waals surface area contributed by atoms with E-state index in [0.29, 0.717) is 4.47 Å². The van der Waals surface area contributed by atoms with Crippen molar-refractivity contribution < 1.29 is 4.39 Å². The highest BCUT2D eigenvalue weighted by atomic mass is 79.9. The summed E-state index contributed by atoms with van der Waals surface area (Å²) in [5.41, 5.74) is 1.14. The molecule has 0 aliphatic carbocycles. The van der Waals surface area contributed by atoms with Crippen LogP contribution in [0, 0.1) is 5.82 Å². The van der Waals surface area contributed by atoms with Crippen LogP contribution in [-0.4, -0.2) is 31.1 Å². The summed E-state index contributed by atoms with van der Waals surface area (Å²) in [5, 5.41) is 5.48. The van der Waals surface area contributed by atoms with Crippen LogP contribution in [0.5, 0.6) is 0 Å². The fraction of sp³-hybridized carbons (Fsp3) is 0.333. The molecule has 1 atom stereocenters. The van der Waals surface area contributed by atoms with Crippen LogP contribution in [0.15, 0.2) is 40.2 Å². The first-order chi connectivity index (χ1) is 9.75. The van der Waals surface area contributed by atoms with Crippen molar-refractivity contribution in [2.75, 3.05) is 26.2 Å². The van der Waals surface area contributed by atoms with Gasteiger partial charge < -0.3 is 5.32 Å². The lowest BCUT2D eigenvalue weighted by Crippen LogP contribution is -2.45. The monoisotopic (exact) mass is 354 g/mol. The molecule has 2 aromatic rings. The largest absolute Gasteiger partial charge is 0.314 e. The van der Waals surface area contributed by atoms with E-state index in [1.807, 2.05) is 12.1 Å². The lowest BCUT2D eigenvalue weighted by Gasteiger charge is -2.34. The first-order valence-electron chi connectivity index (χ1n) is 6.69. The number of nitrogens with one attached hydrogen (secondary N) is 1.